The van der Waals surface area contributed by atoms with E-state index in [-0.39, 0.29) is 89.0 Å². The van der Waals surface area contributed by atoms with E-state index in [1.54, 1.807) is 6.92 Å². The molecule has 1 aromatic rings. The van der Waals surface area contributed by atoms with E-state index in [9.17, 15) is 24.0 Å². The van der Waals surface area contributed by atoms with E-state index in [1.807, 2.05) is 58.0 Å². The summed E-state index contributed by atoms with van der Waals surface area (Å²) in [7, 11) is 0. The van der Waals surface area contributed by atoms with Crippen LogP contribution in [0.3, 0.4) is 0 Å². The summed E-state index contributed by atoms with van der Waals surface area (Å²) >= 11 is 0. The van der Waals surface area contributed by atoms with E-state index in [0.29, 0.717) is 26.1 Å². The predicted octanol–water partition coefficient (Wildman–Crippen LogP) is -7.46. The second-order valence-electron chi connectivity index (χ2n) is 10.3. The average Bonchev–Trinajstić information content (AvgIpc) is 2.93. The maximum Gasteiger partial charge on any atom is 2.00 e. The Labute approximate surface area is 287 Å². The Hall–Kier alpha value is -2.28. The predicted molar refractivity (Wildman–Crippen MR) is 157 cm³/mol. The first kappa shape index (κ1) is 48.6. The van der Waals surface area contributed by atoms with Crippen molar-refractivity contribution in [2.24, 2.45) is 23.3 Å². The molecule has 256 valence electrons. The number of carbonyl (C=O) groups excluding carboxylic acids is 5. The summed E-state index contributed by atoms with van der Waals surface area (Å²) in [5, 5.41) is 21.8. The molecular formula is C28H49Cl2N7O6Pt. The molecule has 1 rings (SSSR count). The molecule has 0 aliphatic heterocycles. The fourth-order valence-electron chi connectivity index (χ4n) is 3.30. The quantitative estimate of drug-likeness (QED) is 0.0799. The molecule has 5 amide bonds. The fraction of sp³-hybridized carbons (Fsp3) is 0.607. The Balaban J connectivity index is -0.000000530. The molecule has 0 bridgehead atoms. The van der Waals surface area contributed by atoms with Gasteiger partial charge in [0, 0.05) is 32.0 Å². The van der Waals surface area contributed by atoms with Crippen molar-refractivity contribution in [1.82, 2.24) is 26.6 Å². The van der Waals surface area contributed by atoms with Crippen LogP contribution in [0.5, 0.6) is 0 Å². The molecule has 0 aromatic heterocycles. The molecular weight excluding hydrogens is 796 g/mol. The van der Waals surface area contributed by atoms with Crippen molar-refractivity contribution in [3.05, 3.63) is 35.9 Å². The molecule has 0 radical (unpaired) electrons. The van der Waals surface area contributed by atoms with Crippen LogP contribution in [0, 0.1) is 11.8 Å². The third-order valence-corrected chi connectivity index (χ3v) is 5.45. The SMILES string of the molecule is CC(C)C[C@H](NC(=O)[C@H](Cc1ccccc1)NC(=O)CN)C(=O)NCC(=O)NCCN.CC(O)CNC(=O)C(C)C.[Cl-].[Cl-].[Pt+2]. The Kier molecular flexibility index (Phi) is 31.2. The van der Waals surface area contributed by atoms with Gasteiger partial charge in [0.2, 0.25) is 29.5 Å². The van der Waals surface area contributed by atoms with Gasteiger partial charge in [-0.3, -0.25) is 24.0 Å². The monoisotopic (exact) mass is 844 g/mol. The zero-order valence-corrected chi connectivity index (χ0v) is 29.7. The molecule has 0 saturated carbocycles. The minimum atomic E-state index is -0.895. The first-order chi connectivity index (χ1) is 19.3. The third-order valence-electron chi connectivity index (χ3n) is 5.45. The van der Waals surface area contributed by atoms with Crippen molar-refractivity contribution in [2.45, 2.75) is 65.6 Å². The first-order valence-corrected chi connectivity index (χ1v) is 13.8. The number of benzene rings is 1. The molecule has 0 aliphatic rings. The Morgan fingerprint density at radius 1 is 0.773 bits per heavy atom. The summed E-state index contributed by atoms with van der Waals surface area (Å²) < 4.78 is 0. The van der Waals surface area contributed by atoms with Gasteiger partial charge in [0.15, 0.2) is 0 Å². The maximum atomic E-state index is 12.9. The van der Waals surface area contributed by atoms with Gasteiger partial charge < -0.3 is 68.0 Å². The van der Waals surface area contributed by atoms with Crippen molar-refractivity contribution in [3.8, 4) is 0 Å². The number of rotatable bonds is 16. The summed E-state index contributed by atoms with van der Waals surface area (Å²) in [5.41, 5.74) is 11.6. The van der Waals surface area contributed by atoms with Gasteiger partial charge in [-0.15, -0.1) is 0 Å². The van der Waals surface area contributed by atoms with Crippen LogP contribution in [-0.4, -0.2) is 85.6 Å². The molecule has 0 fully saturated rings. The van der Waals surface area contributed by atoms with Crippen molar-refractivity contribution in [2.75, 3.05) is 32.7 Å². The van der Waals surface area contributed by atoms with Gasteiger partial charge in [0.1, 0.15) is 12.1 Å². The number of halogens is 2. The van der Waals surface area contributed by atoms with Crippen LogP contribution in [0.2, 0.25) is 0 Å². The normalized spacial score (nSPS) is 11.9. The standard InChI is InChI=1S/C21H34N6O4.C7H15NO2.2ClH.Pt/c1-14(2)10-16(20(30)25-13-19(29)24-9-8-22)27-21(31)17(26-18(28)12-23)11-15-6-4-3-5-7-15;1-5(2)7(10)8-4-6(3)9;;;/h3-7,14,16-17H,8-13,22-23H2,1-2H3,(H,24,29)(H,25,30)(H,26,28)(H,27,31);5-6,9H,4H2,1-3H3,(H,8,10);2*1H;/q;;;;+2/p-2/t16-,17-;;;;/m0..../s1. The summed E-state index contributed by atoms with van der Waals surface area (Å²) in [4.78, 5) is 59.9. The zero-order chi connectivity index (χ0) is 31.4. The topological polar surface area (TPSA) is 218 Å². The van der Waals surface area contributed by atoms with E-state index in [2.05, 4.69) is 26.6 Å². The Morgan fingerprint density at radius 3 is 1.84 bits per heavy atom. The van der Waals surface area contributed by atoms with Crippen molar-refractivity contribution in [1.29, 1.82) is 0 Å². The Bertz CT molecular complexity index is 960. The smallest absolute Gasteiger partial charge is 1.00 e. The van der Waals surface area contributed by atoms with Gasteiger partial charge in [-0.1, -0.05) is 58.0 Å². The van der Waals surface area contributed by atoms with Crippen LogP contribution in [0.15, 0.2) is 30.3 Å². The van der Waals surface area contributed by atoms with Crippen LogP contribution >= 0.6 is 0 Å². The van der Waals surface area contributed by atoms with Crippen LogP contribution in [0.25, 0.3) is 0 Å². The molecule has 0 saturated heterocycles. The van der Waals surface area contributed by atoms with Crippen LogP contribution in [-0.2, 0) is 51.5 Å². The van der Waals surface area contributed by atoms with Gasteiger partial charge in [-0.25, -0.2) is 0 Å². The Morgan fingerprint density at radius 2 is 1.36 bits per heavy atom. The van der Waals surface area contributed by atoms with Gasteiger partial charge in [-0.2, -0.15) is 0 Å². The van der Waals surface area contributed by atoms with Crippen molar-refractivity contribution in [3.63, 3.8) is 0 Å². The number of carbonyl (C=O) groups is 5. The minimum Gasteiger partial charge on any atom is -1.00 e. The number of nitrogens with two attached hydrogens (primary N) is 2. The summed E-state index contributed by atoms with van der Waals surface area (Å²) in [5.74, 6) is -1.73. The maximum absolute atomic E-state index is 12.9. The fourth-order valence-corrected chi connectivity index (χ4v) is 3.30. The van der Waals surface area contributed by atoms with Gasteiger partial charge in [0.25, 0.3) is 0 Å². The summed E-state index contributed by atoms with van der Waals surface area (Å²) in [6.07, 6.45) is 0.156. The summed E-state index contributed by atoms with van der Waals surface area (Å²) in [6.45, 7) is 9.57. The molecule has 44 heavy (non-hydrogen) atoms. The number of hydrogen-bond donors (Lipinski definition) is 8. The number of aliphatic hydroxyl groups is 1. The van der Waals surface area contributed by atoms with Crippen LogP contribution < -0.4 is 62.9 Å². The minimum absolute atomic E-state index is 0. The van der Waals surface area contributed by atoms with E-state index >= 15 is 0 Å². The van der Waals surface area contributed by atoms with Crippen molar-refractivity contribution >= 4 is 29.5 Å². The van der Waals surface area contributed by atoms with E-state index in [0.717, 1.165) is 5.56 Å². The van der Waals surface area contributed by atoms with Crippen LogP contribution in [0.4, 0.5) is 0 Å². The molecule has 1 unspecified atom stereocenters. The molecule has 3 atom stereocenters. The molecule has 1 aromatic carbocycles. The largest absolute Gasteiger partial charge is 2.00 e. The molecule has 10 N–H and O–H groups in total. The van der Waals surface area contributed by atoms with Crippen LogP contribution in [0.1, 0.15) is 46.6 Å². The second-order valence-corrected chi connectivity index (χ2v) is 10.3. The molecule has 13 nitrogen and oxygen atoms in total. The second kappa shape index (κ2) is 28.2. The molecule has 0 aliphatic carbocycles. The van der Waals surface area contributed by atoms with E-state index < -0.39 is 35.9 Å². The van der Waals surface area contributed by atoms with Gasteiger partial charge >= 0.3 is 21.1 Å². The number of nitrogens with one attached hydrogen (secondary N) is 5. The number of aliphatic hydroxyl groups excluding tert-OH is 1. The van der Waals surface area contributed by atoms with Gasteiger partial charge in [0.05, 0.1) is 19.2 Å². The summed E-state index contributed by atoms with van der Waals surface area (Å²) in [6, 6.07) is 7.44. The third kappa shape index (κ3) is 24.1. The number of hydrogen-bond acceptors (Lipinski definition) is 8. The molecule has 16 heteroatoms. The van der Waals surface area contributed by atoms with E-state index in [1.165, 1.54) is 0 Å². The zero-order valence-electron chi connectivity index (χ0n) is 25.9. The average molecular weight is 846 g/mol. The van der Waals surface area contributed by atoms with E-state index in [4.69, 9.17) is 16.6 Å². The van der Waals surface area contributed by atoms with Gasteiger partial charge in [-0.05, 0) is 24.8 Å². The first-order valence-electron chi connectivity index (χ1n) is 13.8. The molecule has 0 heterocycles. The number of amides is 5. The molecule has 0 spiro atoms. The van der Waals surface area contributed by atoms with Crippen molar-refractivity contribution < 1.29 is 75.0 Å².